The molecule has 168 valence electrons. The Morgan fingerprint density at radius 2 is 1.76 bits per heavy atom. The number of benzene rings is 3. The van der Waals surface area contributed by atoms with E-state index in [1.54, 1.807) is 30.3 Å². The topological polar surface area (TPSA) is 91.7 Å². The molecule has 0 bridgehead atoms. The minimum Gasteiger partial charge on any atom is -0.497 e. The molecular formula is C25H23N3O5. The molecule has 4 rings (SSSR count). The highest BCUT2D eigenvalue weighted by Crippen LogP contribution is 2.29. The van der Waals surface area contributed by atoms with Gasteiger partial charge < -0.3 is 19.5 Å². The van der Waals surface area contributed by atoms with Crippen LogP contribution in [0.5, 0.6) is 11.5 Å². The molecule has 1 aromatic heterocycles. The van der Waals surface area contributed by atoms with Crippen LogP contribution in [0.4, 0.5) is 5.69 Å². The van der Waals surface area contributed by atoms with E-state index in [2.05, 4.69) is 10.3 Å². The Balaban J connectivity index is 1.46. The highest BCUT2D eigenvalue weighted by Gasteiger charge is 2.16. The average Bonchev–Trinajstić information content (AvgIpc) is 3.17. The van der Waals surface area contributed by atoms with E-state index in [4.69, 9.17) is 14.2 Å². The van der Waals surface area contributed by atoms with Gasteiger partial charge in [0, 0.05) is 11.8 Å². The summed E-state index contributed by atoms with van der Waals surface area (Å²) in [7, 11) is 3.02. The molecule has 1 amide bonds. The van der Waals surface area contributed by atoms with Crippen molar-refractivity contribution in [1.82, 2.24) is 9.55 Å². The fourth-order valence-electron chi connectivity index (χ4n) is 3.54. The van der Waals surface area contributed by atoms with Gasteiger partial charge in [-0.3, -0.25) is 9.36 Å². The number of nitrogens with zero attached hydrogens (tertiary/aromatic N) is 2. The number of nitrogens with one attached hydrogen (secondary N) is 1. The number of methoxy groups -OCH3 is 2. The number of carbonyl (C=O) groups is 2. The second-order valence-corrected chi connectivity index (χ2v) is 7.22. The van der Waals surface area contributed by atoms with Crippen molar-refractivity contribution in [3.05, 3.63) is 78.1 Å². The van der Waals surface area contributed by atoms with Crippen molar-refractivity contribution in [3.63, 3.8) is 0 Å². The molecule has 0 saturated carbocycles. The lowest BCUT2D eigenvalue weighted by Gasteiger charge is -2.12. The minimum atomic E-state index is -0.614. The summed E-state index contributed by atoms with van der Waals surface area (Å²) in [6, 6.07) is 20.0. The molecule has 0 spiro atoms. The lowest BCUT2D eigenvalue weighted by atomic mass is 10.2. The van der Waals surface area contributed by atoms with Gasteiger partial charge >= 0.3 is 5.97 Å². The number of aryl methyl sites for hydroxylation is 1. The van der Waals surface area contributed by atoms with E-state index in [1.807, 2.05) is 47.9 Å². The lowest BCUT2D eigenvalue weighted by molar-refractivity contribution is -0.119. The molecule has 0 aliphatic rings. The third-order valence-electron chi connectivity index (χ3n) is 5.09. The summed E-state index contributed by atoms with van der Waals surface area (Å²) in [5, 5.41) is 2.66. The number of amides is 1. The van der Waals surface area contributed by atoms with Crippen LogP contribution in [0.2, 0.25) is 0 Å². The van der Waals surface area contributed by atoms with Crippen molar-refractivity contribution in [2.24, 2.45) is 0 Å². The molecular weight excluding hydrogens is 422 g/mol. The van der Waals surface area contributed by atoms with E-state index in [1.165, 1.54) is 14.2 Å². The highest BCUT2D eigenvalue weighted by molar-refractivity contribution is 5.98. The number of ether oxygens (including phenoxy) is 3. The highest BCUT2D eigenvalue weighted by atomic mass is 16.5. The van der Waals surface area contributed by atoms with Crippen LogP contribution in [-0.4, -0.2) is 42.3 Å². The van der Waals surface area contributed by atoms with Crippen molar-refractivity contribution in [3.8, 4) is 17.2 Å². The lowest BCUT2D eigenvalue weighted by Crippen LogP contribution is -2.21. The Hall–Kier alpha value is -4.33. The van der Waals surface area contributed by atoms with Gasteiger partial charge in [-0.1, -0.05) is 18.2 Å². The number of aromatic nitrogens is 2. The number of imidazole rings is 1. The summed E-state index contributed by atoms with van der Waals surface area (Å²) in [5.74, 6) is 0.706. The molecule has 0 radical (unpaired) electrons. The van der Waals surface area contributed by atoms with E-state index in [0.717, 1.165) is 17.0 Å². The zero-order chi connectivity index (χ0) is 23.4. The summed E-state index contributed by atoms with van der Waals surface area (Å²) in [4.78, 5) is 29.5. The van der Waals surface area contributed by atoms with Crippen molar-refractivity contribution in [2.45, 2.75) is 6.92 Å². The predicted octanol–water partition coefficient (Wildman–Crippen LogP) is 4.15. The van der Waals surface area contributed by atoms with Crippen molar-refractivity contribution in [2.75, 3.05) is 26.1 Å². The number of esters is 1. The molecule has 4 aromatic rings. The Morgan fingerprint density at radius 3 is 2.48 bits per heavy atom. The number of hydrogen-bond acceptors (Lipinski definition) is 6. The van der Waals surface area contributed by atoms with E-state index >= 15 is 0 Å². The Bertz CT molecular complexity index is 1310. The Kier molecular flexibility index (Phi) is 6.26. The first-order valence-corrected chi connectivity index (χ1v) is 10.2. The Labute approximate surface area is 190 Å². The summed E-state index contributed by atoms with van der Waals surface area (Å²) in [5.41, 5.74) is 3.25. The number of rotatable bonds is 7. The molecule has 3 aromatic carbocycles. The molecule has 0 aliphatic heterocycles. The van der Waals surface area contributed by atoms with Crippen LogP contribution >= 0.6 is 0 Å². The van der Waals surface area contributed by atoms with E-state index in [-0.39, 0.29) is 0 Å². The molecule has 0 aliphatic carbocycles. The maximum atomic E-state index is 12.5. The van der Waals surface area contributed by atoms with E-state index in [9.17, 15) is 9.59 Å². The second-order valence-electron chi connectivity index (χ2n) is 7.22. The second kappa shape index (κ2) is 9.44. The largest absolute Gasteiger partial charge is 0.497 e. The van der Waals surface area contributed by atoms with Crippen LogP contribution in [0.15, 0.2) is 66.7 Å². The van der Waals surface area contributed by atoms with Gasteiger partial charge in [0.05, 0.1) is 36.5 Å². The fraction of sp³-hybridized carbons (Fsp3) is 0.160. The zero-order valence-electron chi connectivity index (χ0n) is 18.5. The van der Waals surface area contributed by atoms with Crippen molar-refractivity contribution in [1.29, 1.82) is 0 Å². The molecule has 0 atom stereocenters. The summed E-state index contributed by atoms with van der Waals surface area (Å²) < 4.78 is 17.6. The minimum absolute atomic E-state index is 0.312. The third kappa shape index (κ3) is 4.64. The van der Waals surface area contributed by atoms with Crippen LogP contribution in [0.25, 0.3) is 16.7 Å². The predicted molar refractivity (Wildman–Crippen MR) is 124 cm³/mol. The SMILES string of the molecule is COc1ccc(OC)c(NC(=O)COC(=O)c2ccc3c(c2)nc(C)n3-c2ccccc2)c1. The van der Waals surface area contributed by atoms with Gasteiger partial charge in [0.15, 0.2) is 6.61 Å². The number of carbonyl (C=O) groups excluding carboxylic acids is 2. The van der Waals surface area contributed by atoms with E-state index < -0.39 is 18.5 Å². The molecule has 8 nitrogen and oxygen atoms in total. The third-order valence-corrected chi connectivity index (χ3v) is 5.09. The van der Waals surface area contributed by atoms with Crippen LogP contribution in [-0.2, 0) is 9.53 Å². The molecule has 1 heterocycles. The van der Waals surface area contributed by atoms with Gasteiger partial charge in [0.1, 0.15) is 17.3 Å². The summed E-state index contributed by atoms with van der Waals surface area (Å²) >= 11 is 0. The normalized spacial score (nSPS) is 10.6. The maximum absolute atomic E-state index is 12.5. The van der Waals surface area contributed by atoms with Crippen LogP contribution < -0.4 is 14.8 Å². The van der Waals surface area contributed by atoms with Gasteiger partial charge in [-0.05, 0) is 49.4 Å². The molecule has 1 N–H and O–H groups in total. The van der Waals surface area contributed by atoms with Gasteiger partial charge in [-0.2, -0.15) is 0 Å². The summed E-state index contributed by atoms with van der Waals surface area (Å²) in [6.07, 6.45) is 0. The fourth-order valence-corrected chi connectivity index (χ4v) is 3.54. The van der Waals surface area contributed by atoms with Crippen molar-refractivity contribution < 1.29 is 23.8 Å². The first-order chi connectivity index (χ1) is 16.0. The molecule has 0 unspecified atom stereocenters. The first-order valence-electron chi connectivity index (χ1n) is 10.2. The Morgan fingerprint density at radius 1 is 0.970 bits per heavy atom. The van der Waals surface area contributed by atoms with E-state index in [0.29, 0.717) is 28.3 Å². The van der Waals surface area contributed by atoms with Gasteiger partial charge in [0.2, 0.25) is 0 Å². The number of fused-ring (bicyclic) bond motifs is 1. The monoisotopic (exact) mass is 445 g/mol. The van der Waals surface area contributed by atoms with Gasteiger partial charge in [0.25, 0.3) is 5.91 Å². The molecule has 0 saturated heterocycles. The number of hydrogen-bond donors (Lipinski definition) is 1. The average molecular weight is 445 g/mol. The number of anilines is 1. The molecule has 33 heavy (non-hydrogen) atoms. The van der Waals surface area contributed by atoms with Crippen LogP contribution in [0.1, 0.15) is 16.2 Å². The first kappa shape index (κ1) is 21.9. The quantitative estimate of drug-likeness (QED) is 0.430. The van der Waals surface area contributed by atoms with Gasteiger partial charge in [-0.25, -0.2) is 9.78 Å². The standard InChI is InChI=1S/C25H23N3O5/c1-16-26-20-13-17(9-11-22(20)28(16)18-7-5-4-6-8-18)25(30)33-15-24(29)27-21-14-19(31-2)10-12-23(21)32-3/h4-14H,15H2,1-3H3,(H,27,29). The molecule has 8 heteroatoms. The summed E-state index contributed by atoms with van der Waals surface area (Å²) in [6.45, 7) is 1.46. The number of para-hydroxylation sites is 1. The van der Waals surface area contributed by atoms with Crippen LogP contribution in [0.3, 0.4) is 0 Å². The van der Waals surface area contributed by atoms with Crippen LogP contribution in [0, 0.1) is 6.92 Å². The smallest absolute Gasteiger partial charge is 0.338 e. The van der Waals surface area contributed by atoms with Crippen molar-refractivity contribution >= 4 is 28.6 Å². The molecule has 0 fully saturated rings. The van der Waals surface area contributed by atoms with Gasteiger partial charge in [-0.15, -0.1) is 0 Å². The zero-order valence-corrected chi connectivity index (χ0v) is 18.5. The maximum Gasteiger partial charge on any atom is 0.338 e.